The van der Waals surface area contributed by atoms with E-state index in [0.29, 0.717) is 12.5 Å². The van der Waals surface area contributed by atoms with Crippen LogP contribution in [0.15, 0.2) is 12.7 Å². The van der Waals surface area contributed by atoms with Crippen molar-refractivity contribution in [2.75, 3.05) is 12.5 Å². The molecule has 0 radical (unpaired) electrons. The molecule has 0 amide bonds. The summed E-state index contributed by atoms with van der Waals surface area (Å²) in [7, 11) is 0. The van der Waals surface area contributed by atoms with Gasteiger partial charge < -0.3 is 4.74 Å². The number of halogens is 1. The lowest BCUT2D eigenvalue weighted by molar-refractivity contribution is 0.112. The lowest BCUT2D eigenvalue weighted by atomic mass is 10.4. The van der Waals surface area contributed by atoms with E-state index < -0.39 is 0 Å². The molecule has 0 aromatic carbocycles. The van der Waals surface area contributed by atoms with Gasteiger partial charge in [-0.1, -0.05) is 6.08 Å². The van der Waals surface area contributed by atoms with Gasteiger partial charge in [0.2, 0.25) is 0 Å². The van der Waals surface area contributed by atoms with E-state index in [-0.39, 0.29) is 6.10 Å². The summed E-state index contributed by atoms with van der Waals surface area (Å²) in [5.41, 5.74) is 0. The number of alkyl halides is 1. The molecule has 2 heteroatoms. The summed E-state index contributed by atoms with van der Waals surface area (Å²) in [4.78, 5) is 0. The molecule has 0 aromatic rings. The van der Waals surface area contributed by atoms with Crippen LogP contribution in [-0.2, 0) is 4.74 Å². The summed E-state index contributed by atoms with van der Waals surface area (Å²) in [5, 5.41) is 0. The fourth-order valence-corrected chi connectivity index (χ4v) is 0.605. The second-order valence-electron chi connectivity index (χ2n) is 1.38. The average molecular weight is 135 g/mol. The largest absolute Gasteiger partial charge is 0.373 e. The van der Waals surface area contributed by atoms with Gasteiger partial charge in [0, 0.05) is 6.61 Å². The van der Waals surface area contributed by atoms with Crippen LogP contribution in [0, 0.1) is 0 Å². The van der Waals surface area contributed by atoms with Crippen molar-refractivity contribution in [1.29, 1.82) is 0 Å². The van der Waals surface area contributed by atoms with Gasteiger partial charge in [-0.2, -0.15) is 0 Å². The third-order valence-corrected chi connectivity index (χ3v) is 1.10. The summed E-state index contributed by atoms with van der Waals surface area (Å²) in [6, 6.07) is 0. The molecule has 8 heavy (non-hydrogen) atoms. The maximum atomic E-state index is 5.45. The summed E-state index contributed by atoms with van der Waals surface area (Å²) in [6.07, 6.45) is 1.73. The van der Waals surface area contributed by atoms with Gasteiger partial charge >= 0.3 is 0 Å². The molecule has 1 atom stereocenters. The van der Waals surface area contributed by atoms with Crippen LogP contribution in [0.1, 0.15) is 6.92 Å². The van der Waals surface area contributed by atoms with Gasteiger partial charge in [0.15, 0.2) is 0 Å². The minimum absolute atomic E-state index is 0.0293. The van der Waals surface area contributed by atoms with Gasteiger partial charge in [-0.15, -0.1) is 18.2 Å². The molecule has 0 saturated heterocycles. The molecular weight excluding hydrogens is 124 g/mol. The summed E-state index contributed by atoms with van der Waals surface area (Å²) in [5.74, 6) is 0.497. The highest BCUT2D eigenvalue weighted by Crippen LogP contribution is 1.94. The van der Waals surface area contributed by atoms with Gasteiger partial charge in [-0.3, -0.25) is 0 Å². The number of ether oxygens (including phenoxy) is 1. The van der Waals surface area contributed by atoms with E-state index in [1.807, 2.05) is 6.92 Å². The van der Waals surface area contributed by atoms with Crippen LogP contribution in [0.3, 0.4) is 0 Å². The quantitative estimate of drug-likeness (QED) is 0.421. The van der Waals surface area contributed by atoms with Gasteiger partial charge in [-0.25, -0.2) is 0 Å². The van der Waals surface area contributed by atoms with Crippen molar-refractivity contribution in [1.82, 2.24) is 0 Å². The fourth-order valence-electron chi connectivity index (χ4n) is 0.390. The first-order valence-corrected chi connectivity index (χ1v) is 3.18. The molecule has 0 heterocycles. The van der Waals surface area contributed by atoms with Crippen molar-refractivity contribution in [3.8, 4) is 0 Å². The summed E-state index contributed by atoms with van der Waals surface area (Å²) >= 11 is 5.45. The van der Waals surface area contributed by atoms with E-state index >= 15 is 0 Å². The molecule has 0 N–H and O–H groups in total. The monoisotopic (exact) mass is 134 g/mol. The van der Waals surface area contributed by atoms with Crippen molar-refractivity contribution in [2.24, 2.45) is 0 Å². The zero-order valence-electron chi connectivity index (χ0n) is 5.06. The Morgan fingerprint density at radius 3 is 2.62 bits per heavy atom. The van der Waals surface area contributed by atoms with Crippen LogP contribution < -0.4 is 0 Å². The van der Waals surface area contributed by atoms with E-state index in [9.17, 15) is 0 Å². The molecule has 0 aliphatic rings. The Hall–Kier alpha value is -0.0100. The van der Waals surface area contributed by atoms with Crippen LogP contribution >= 0.6 is 11.6 Å². The van der Waals surface area contributed by atoms with Crippen molar-refractivity contribution in [3.05, 3.63) is 12.7 Å². The minimum Gasteiger partial charge on any atom is -0.373 e. The molecular formula is C6H11ClO. The van der Waals surface area contributed by atoms with Crippen molar-refractivity contribution in [2.45, 2.75) is 13.0 Å². The summed E-state index contributed by atoms with van der Waals surface area (Å²) in [6.45, 7) is 6.17. The molecule has 0 saturated carbocycles. The third kappa shape index (κ3) is 3.05. The lowest BCUT2D eigenvalue weighted by Crippen LogP contribution is -2.10. The maximum Gasteiger partial charge on any atom is 0.0888 e. The average Bonchev–Trinajstić information content (AvgIpc) is 1.83. The molecule has 1 unspecified atom stereocenters. The second kappa shape index (κ2) is 5.13. The lowest BCUT2D eigenvalue weighted by Gasteiger charge is -2.06. The highest BCUT2D eigenvalue weighted by atomic mass is 35.5. The molecule has 48 valence electrons. The highest BCUT2D eigenvalue weighted by Gasteiger charge is 1.97. The van der Waals surface area contributed by atoms with E-state index in [1.54, 1.807) is 6.08 Å². The predicted molar refractivity (Wildman–Crippen MR) is 36.3 cm³/mol. The standard InChI is InChI=1S/C6H11ClO/c1-3-6(5-7)8-4-2/h3,6H,1,4-5H2,2H3. The van der Waals surface area contributed by atoms with Crippen molar-refractivity contribution >= 4 is 11.6 Å². The van der Waals surface area contributed by atoms with Crippen molar-refractivity contribution in [3.63, 3.8) is 0 Å². The molecule has 0 aromatic heterocycles. The van der Waals surface area contributed by atoms with Gasteiger partial charge in [0.1, 0.15) is 0 Å². The van der Waals surface area contributed by atoms with Crippen LogP contribution in [0.4, 0.5) is 0 Å². The molecule has 0 aliphatic heterocycles. The van der Waals surface area contributed by atoms with E-state index in [0.717, 1.165) is 0 Å². The molecule has 0 bridgehead atoms. The van der Waals surface area contributed by atoms with E-state index in [1.165, 1.54) is 0 Å². The Morgan fingerprint density at radius 2 is 2.50 bits per heavy atom. The van der Waals surface area contributed by atoms with Crippen LogP contribution in [-0.4, -0.2) is 18.6 Å². The Bertz CT molecular complexity index is 63.5. The van der Waals surface area contributed by atoms with E-state index in [2.05, 4.69) is 6.58 Å². The molecule has 0 fully saturated rings. The first-order valence-electron chi connectivity index (χ1n) is 2.65. The zero-order chi connectivity index (χ0) is 6.41. The van der Waals surface area contributed by atoms with Gasteiger partial charge in [0.25, 0.3) is 0 Å². The first-order chi connectivity index (χ1) is 3.85. The number of rotatable bonds is 4. The second-order valence-corrected chi connectivity index (χ2v) is 1.69. The van der Waals surface area contributed by atoms with Crippen LogP contribution in [0.2, 0.25) is 0 Å². The van der Waals surface area contributed by atoms with Crippen LogP contribution in [0.5, 0.6) is 0 Å². The number of hydrogen-bond acceptors (Lipinski definition) is 1. The Balaban J connectivity index is 3.21. The zero-order valence-corrected chi connectivity index (χ0v) is 5.82. The SMILES string of the molecule is C=CC(CCl)OCC. The molecule has 1 nitrogen and oxygen atoms in total. The smallest absolute Gasteiger partial charge is 0.0888 e. The Morgan fingerprint density at radius 1 is 1.88 bits per heavy atom. The third-order valence-electron chi connectivity index (χ3n) is 0.796. The topological polar surface area (TPSA) is 9.23 Å². The normalized spacial score (nSPS) is 13.2. The summed E-state index contributed by atoms with van der Waals surface area (Å²) < 4.78 is 5.09. The number of hydrogen-bond donors (Lipinski definition) is 0. The minimum atomic E-state index is 0.0293. The van der Waals surface area contributed by atoms with Gasteiger partial charge in [0.05, 0.1) is 12.0 Å². The first kappa shape index (κ1) is 7.99. The van der Waals surface area contributed by atoms with E-state index in [4.69, 9.17) is 16.3 Å². The predicted octanol–water partition coefficient (Wildman–Crippen LogP) is 1.82. The Kier molecular flexibility index (Phi) is 5.13. The Labute approximate surface area is 55.3 Å². The molecule has 0 spiro atoms. The maximum absolute atomic E-state index is 5.45. The highest BCUT2D eigenvalue weighted by molar-refractivity contribution is 6.18. The molecule has 0 rings (SSSR count). The van der Waals surface area contributed by atoms with Crippen LogP contribution in [0.25, 0.3) is 0 Å². The van der Waals surface area contributed by atoms with Crippen molar-refractivity contribution < 1.29 is 4.74 Å². The van der Waals surface area contributed by atoms with Gasteiger partial charge in [-0.05, 0) is 6.92 Å². The molecule has 0 aliphatic carbocycles. The fraction of sp³-hybridized carbons (Fsp3) is 0.667.